The molecule has 3 aliphatic rings. The molecular formula is C25H27ClN2O3. The van der Waals surface area contributed by atoms with Crippen LogP contribution in [0.4, 0.5) is 4.79 Å². The highest BCUT2D eigenvalue weighted by molar-refractivity contribution is 6.21. The fourth-order valence-electron chi connectivity index (χ4n) is 6.07. The fourth-order valence-corrected chi connectivity index (χ4v) is 6.37. The molecule has 2 amide bonds. The zero-order valence-corrected chi connectivity index (χ0v) is 18.2. The van der Waals surface area contributed by atoms with E-state index in [-0.39, 0.29) is 28.7 Å². The van der Waals surface area contributed by atoms with E-state index < -0.39 is 6.09 Å². The van der Waals surface area contributed by atoms with Crippen LogP contribution in [0.3, 0.4) is 0 Å². The minimum Gasteiger partial charge on any atom is -0.465 e. The Hall–Kier alpha value is -2.53. The second-order valence-corrected chi connectivity index (χ2v) is 9.70. The predicted molar refractivity (Wildman–Crippen MR) is 119 cm³/mol. The van der Waals surface area contributed by atoms with Crippen molar-refractivity contribution in [1.82, 2.24) is 9.80 Å². The van der Waals surface area contributed by atoms with Crippen LogP contribution in [0.1, 0.15) is 53.8 Å². The number of halogens is 1. The second kappa shape index (κ2) is 7.86. The quantitative estimate of drug-likeness (QED) is 0.688. The summed E-state index contributed by atoms with van der Waals surface area (Å²) in [5, 5.41) is 9.14. The summed E-state index contributed by atoms with van der Waals surface area (Å²) < 4.78 is 0. The highest BCUT2D eigenvalue weighted by Crippen LogP contribution is 2.55. The van der Waals surface area contributed by atoms with Gasteiger partial charge in [-0.25, -0.2) is 4.79 Å². The molecule has 1 aliphatic carbocycles. The smallest absolute Gasteiger partial charge is 0.407 e. The van der Waals surface area contributed by atoms with Crippen molar-refractivity contribution in [2.24, 2.45) is 5.92 Å². The maximum absolute atomic E-state index is 13.1. The van der Waals surface area contributed by atoms with Crippen molar-refractivity contribution in [2.75, 3.05) is 19.6 Å². The molecule has 0 radical (unpaired) electrons. The van der Waals surface area contributed by atoms with Crippen molar-refractivity contribution < 1.29 is 14.7 Å². The molecular weight excluding hydrogens is 412 g/mol. The number of carbonyl (C=O) groups is 2. The Morgan fingerprint density at radius 1 is 1.10 bits per heavy atom. The predicted octanol–water partition coefficient (Wildman–Crippen LogP) is 4.97. The molecule has 0 aromatic heterocycles. The number of hydrogen-bond donors (Lipinski definition) is 1. The SMILES string of the molecule is O=C(O)N1CCC2(CC1)CC1CC(=O)N(CC(Cl)c3ccccc3)C1c1ccccc12. The summed E-state index contributed by atoms with van der Waals surface area (Å²) in [6.07, 6.45) is 2.27. The van der Waals surface area contributed by atoms with Crippen LogP contribution in [-0.2, 0) is 10.2 Å². The van der Waals surface area contributed by atoms with Crippen LogP contribution in [0.25, 0.3) is 0 Å². The number of alkyl halides is 1. The minimum absolute atomic E-state index is 0.0419. The lowest BCUT2D eigenvalue weighted by Crippen LogP contribution is -2.48. The van der Waals surface area contributed by atoms with E-state index in [0.29, 0.717) is 26.1 Å². The number of likely N-dealkylation sites (tertiary alicyclic amines) is 2. The molecule has 2 aliphatic heterocycles. The van der Waals surface area contributed by atoms with Gasteiger partial charge in [-0.1, -0.05) is 54.6 Å². The number of rotatable bonds is 3. The molecule has 5 nitrogen and oxygen atoms in total. The van der Waals surface area contributed by atoms with E-state index in [4.69, 9.17) is 11.6 Å². The van der Waals surface area contributed by atoms with E-state index in [9.17, 15) is 14.7 Å². The number of nitrogens with zero attached hydrogens (tertiary/aromatic N) is 2. The molecule has 1 N–H and O–H groups in total. The van der Waals surface area contributed by atoms with Crippen molar-refractivity contribution in [3.05, 3.63) is 71.3 Å². The molecule has 2 saturated heterocycles. The van der Waals surface area contributed by atoms with Crippen molar-refractivity contribution >= 4 is 23.6 Å². The third-order valence-electron chi connectivity index (χ3n) is 7.55. The van der Waals surface area contributed by atoms with Gasteiger partial charge in [0.2, 0.25) is 5.91 Å². The van der Waals surface area contributed by atoms with Crippen molar-refractivity contribution in [1.29, 1.82) is 0 Å². The van der Waals surface area contributed by atoms with Gasteiger partial charge < -0.3 is 14.9 Å². The van der Waals surface area contributed by atoms with Gasteiger partial charge in [0.25, 0.3) is 0 Å². The van der Waals surface area contributed by atoms with Crippen LogP contribution in [-0.4, -0.2) is 46.5 Å². The maximum Gasteiger partial charge on any atom is 0.407 e. The number of piperidine rings is 1. The average Bonchev–Trinajstić information content (AvgIpc) is 3.09. The van der Waals surface area contributed by atoms with Gasteiger partial charge in [-0.15, -0.1) is 11.6 Å². The van der Waals surface area contributed by atoms with Gasteiger partial charge in [0.1, 0.15) is 0 Å². The van der Waals surface area contributed by atoms with E-state index in [0.717, 1.165) is 24.8 Å². The largest absolute Gasteiger partial charge is 0.465 e. The third-order valence-corrected chi connectivity index (χ3v) is 7.94. The minimum atomic E-state index is -0.840. The molecule has 2 fully saturated rings. The number of amides is 2. The summed E-state index contributed by atoms with van der Waals surface area (Å²) in [6, 6.07) is 18.5. The number of benzene rings is 2. The topological polar surface area (TPSA) is 60.9 Å². The van der Waals surface area contributed by atoms with Crippen LogP contribution in [0.2, 0.25) is 0 Å². The Balaban J connectivity index is 1.45. The fraction of sp³-hybridized carbons (Fsp3) is 0.440. The summed E-state index contributed by atoms with van der Waals surface area (Å²) >= 11 is 6.74. The summed E-state index contributed by atoms with van der Waals surface area (Å²) in [5.74, 6) is 0.421. The number of hydrogen-bond acceptors (Lipinski definition) is 2. The van der Waals surface area contributed by atoms with Gasteiger partial charge >= 0.3 is 6.09 Å². The Morgan fingerprint density at radius 2 is 1.77 bits per heavy atom. The third kappa shape index (κ3) is 3.49. The lowest BCUT2D eigenvalue weighted by molar-refractivity contribution is -0.129. The molecule has 3 unspecified atom stereocenters. The van der Waals surface area contributed by atoms with Crippen LogP contribution in [0, 0.1) is 5.92 Å². The molecule has 2 heterocycles. The first-order valence-corrected chi connectivity index (χ1v) is 11.5. The molecule has 162 valence electrons. The first kappa shape index (κ1) is 20.4. The molecule has 31 heavy (non-hydrogen) atoms. The Labute approximate surface area is 187 Å². The zero-order valence-electron chi connectivity index (χ0n) is 17.4. The molecule has 2 aromatic rings. The molecule has 3 atom stereocenters. The van der Waals surface area contributed by atoms with Crippen molar-refractivity contribution in [3.63, 3.8) is 0 Å². The lowest BCUT2D eigenvalue weighted by Gasteiger charge is -2.49. The molecule has 0 saturated carbocycles. The van der Waals surface area contributed by atoms with E-state index in [1.165, 1.54) is 16.0 Å². The first-order valence-electron chi connectivity index (χ1n) is 11.0. The lowest BCUT2D eigenvalue weighted by atomic mass is 9.60. The standard InChI is InChI=1S/C25H27ClN2O3/c26-21(17-6-2-1-3-7-17)16-28-22(29)14-18-15-25(10-12-27(13-11-25)24(30)31)20-9-5-4-8-19(20)23(18)28/h1-9,18,21,23H,10-16H2,(H,30,31). The number of carboxylic acid groups (broad SMARTS) is 1. The maximum atomic E-state index is 13.1. The zero-order chi connectivity index (χ0) is 21.6. The normalized spacial score (nSPS) is 25.3. The Morgan fingerprint density at radius 3 is 2.48 bits per heavy atom. The second-order valence-electron chi connectivity index (χ2n) is 9.17. The van der Waals surface area contributed by atoms with Crippen LogP contribution < -0.4 is 0 Å². The average molecular weight is 439 g/mol. The van der Waals surface area contributed by atoms with Gasteiger partial charge in [-0.2, -0.15) is 0 Å². The summed E-state index contributed by atoms with van der Waals surface area (Å²) in [4.78, 5) is 28.0. The first-order chi connectivity index (χ1) is 15.0. The molecule has 2 aromatic carbocycles. The van der Waals surface area contributed by atoms with Gasteiger partial charge in [-0.3, -0.25) is 4.79 Å². The van der Waals surface area contributed by atoms with Crippen molar-refractivity contribution in [2.45, 2.75) is 42.5 Å². The van der Waals surface area contributed by atoms with E-state index in [2.05, 4.69) is 24.3 Å². The summed E-state index contributed by atoms with van der Waals surface area (Å²) in [5.41, 5.74) is 3.51. The highest BCUT2D eigenvalue weighted by atomic mass is 35.5. The number of fused-ring (bicyclic) bond motifs is 4. The summed E-state index contributed by atoms with van der Waals surface area (Å²) in [6.45, 7) is 1.60. The van der Waals surface area contributed by atoms with Crippen LogP contribution in [0.5, 0.6) is 0 Å². The monoisotopic (exact) mass is 438 g/mol. The molecule has 1 spiro atoms. The van der Waals surface area contributed by atoms with E-state index in [1.807, 2.05) is 35.2 Å². The van der Waals surface area contributed by atoms with Gasteiger partial charge in [0.05, 0.1) is 11.4 Å². The molecule has 0 bridgehead atoms. The summed E-state index contributed by atoms with van der Waals surface area (Å²) in [7, 11) is 0. The van der Waals surface area contributed by atoms with E-state index in [1.54, 1.807) is 0 Å². The van der Waals surface area contributed by atoms with Crippen LogP contribution >= 0.6 is 11.6 Å². The van der Waals surface area contributed by atoms with Gasteiger partial charge in [-0.05, 0) is 47.3 Å². The number of carbonyl (C=O) groups excluding carboxylic acids is 1. The van der Waals surface area contributed by atoms with Crippen molar-refractivity contribution in [3.8, 4) is 0 Å². The Kier molecular flexibility index (Phi) is 5.17. The Bertz CT molecular complexity index is 987. The van der Waals surface area contributed by atoms with E-state index >= 15 is 0 Å². The molecule has 5 rings (SSSR count). The highest BCUT2D eigenvalue weighted by Gasteiger charge is 2.52. The van der Waals surface area contributed by atoms with Gasteiger partial charge in [0.15, 0.2) is 0 Å². The molecule has 6 heteroatoms. The van der Waals surface area contributed by atoms with Crippen LogP contribution in [0.15, 0.2) is 54.6 Å². The van der Waals surface area contributed by atoms with Gasteiger partial charge in [0, 0.05) is 26.1 Å².